The number of nitrogens with zero attached hydrogens (tertiary/aromatic N) is 3. The Balaban J connectivity index is 2.69. The van der Waals surface area contributed by atoms with E-state index in [2.05, 4.69) is 15.6 Å². The van der Waals surface area contributed by atoms with Crippen molar-refractivity contribution in [2.75, 3.05) is 58.7 Å². The zero-order chi connectivity index (χ0) is 21.4. The summed E-state index contributed by atoms with van der Waals surface area (Å²) in [6.07, 6.45) is 0.0185. The Morgan fingerprint density at radius 1 is 1.21 bits per heavy atom. The summed E-state index contributed by atoms with van der Waals surface area (Å²) in [5.41, 5.74) is -0.614. The van der Waals surface area contributed by atoms with E-state index < -0.39 is 15.4 Å². The van der Waals surface area contributed by atoms with Gasteiger partial charge in [-0.2, -0.15) is 4.31 Å². The van der Waals surface area contributed by atoms with Crippen LogP contribution in [0.3, 0.4) is 0 Å². The van der Waals surface area contributed by atoms with E-state index in [4.69, 9.17) is 4.74 Å². The predicted octanol–water partition coefficient (Wildman–Crippen LogP) is 0.0965. The molecule has 1 saturated heterocycles. The molecule has 164 valence electrons. The van der Waals surface area contributed by atoms with Gasteiger partial charge in [-0.25, -0.2) is 8.42 Å². The molecule has 1 rings (SSSR count). The third-order valence-corrected chi connectivity index (χ3v) is 6.36. The maximum absolute atomic E-state index is 12.5. The van der Waals surface area contributed by atoms with E-state index in [9.17, 15) is 13.2 Å². The van der Waals surface area contributed by atoms with E-state index in [1.165, 1.54) is 4.31 Å². The van der Waals surface area contributed by atoms with Crippen LogP contribution >= 0.6 is 0 Å². The molecule has 0 saturated carbocycles. The second kappa shape index (κ2) is 11.0. The first-order chi connectivity index (χ1) is 13.0. The molecule has 0 aromatic carbocycles. The number of guanidine groups is 1. The minimum Gasteiger partial charge on any atom is -0.378 e. The van der Waals surface area contributed by atoms with E-state index in [-0.39, 0.29) is 24.4 Å². The number of nitrogens with one attached hydrogen (secondary N) is 2. The van der Waals surface area contributed by atoms with E-state index in [1.54, 1.807) is 7.05 Å². The molecule has 1 heterocycles. The average Bonchev–Trinajstić information content (AvgIpc) is 2.64. The van der Waals surface area contributed by atoms with Crippen molar-refractivity contribution < 1.29 is 17.9 Å². The monoisotopic (exact) mass is 419 g/mol. The van der Waals surface area contributed by atoms with Gasteiger partial charge in [0.15, 0.2) is 5.96 Å². The largest absolute Gasteiger partial charge is 0.378 e. The summed E-state index contributed by atoms with van der Waals surface area (Å²) < 4.78 is 31.8. The van der Waals surface area contributed by atoms with E-state index in [0.29, 0.717) is 45.2 Å². The van der Waals surface area contributed by atoms with Crippen molar-refractivity contribution in [1.82, 2.24) is 19.8 Å². The summed E-state index contributed by atoms with van der Waals surface area (Å²) in [5.74, 6) is 0.644. The zero-order valence-electron chi connectivity index (χ0n) is 18.1. The third kappa shape index (κ3) is 7.56. The quantitative estimate of drug-likeness (QED) is 0.406. The molecule has 0 radical (unpaired) electrons. The number of ether oxygens (including phenoxy) is 1. The van der Waals surface area contributed by atoms with Gasteiger partial charge in [0.25, 0.3) is 0 Å². The molecule has 0 aliphatic carbocycles. The molecule has 9 nitrogen and oxygen atoms in total. The van der Waals surface area contributed by atoms with Crippen molar-refractivity contribution >= 4 is 21.9 Å². The molecule has 0 aromatic rings. The number of aliphatic imine (C=N–C) groups is 1. The van der Waals surface area contributed by atoms with Gasteiger partial charge in [-0.1, -0.05) is 0 Å². The summed E-state index contributed by atoms with van der Waals surface area (Å²) >= 11 is 0. The standard InChI is InChI=1S/C18H37N5O4S/c1-7-20-17(21-14-18(4,5)16(24)19-6)22-8-10-23(11-9-22)28(25,26)13-12-27-15(2)3/h15H,7-14H2,1-6H3,(H,19,24)(H,20,21). The number of piperazine rings is 1. The van der Waals surface area contributed by atoms with E-state index in [0.717, 1.165) is 0 Å². The lowest BCUT2D eigenvalue weighted by Crippen LogP contribution is -2.54. The van der Waals surface area contributed by atoms with E-state index >= 15 is 0 Å². The number of carbonyl (C=O) groups is 1. The molecular weight excluding hydrogens is 382 g/mol. The summed E-state index contributed by atoms with van der Waals surface area (Å²) in [6, 6.07) is 0. The summed E-state index contributed by atoms with van der Waals surface area (Å²) in [5, 5.41) is 5.90. The maximum Gasteiger partial charge on any atom is 0.227 e. The smallest absolute Gasteiger partial charge is 0.227 e. The lowest BCUT2D eigenvalue weighted by molar-refractivity contribution is -0.128. The number of rotatable bonds is 9. The topological polar surface area (TPSA) is 103 Å². The van der Waals surface area contributed by atoms with Gasteiger partial charge in [0, 0.05) is 39.8 Å². The van der Waals surface area contributed by atoms with Crippen LogP contribution in [-0.4, -0.2) is 94.3 Å². The first-order valence-electron chi connectivity index (χ1n) is 9.88. The number of hydrogen-bond acceptors (Lipinski definition) is 5. The minimum atomic E-state index is -3.32. The fourth-order valence-electron chi connectivity index (χ4n) is 2.80. The summed E-state index contributed by atoms with van der Waals surface area (Å²) in [6.45, 7) is 12.6. The lowest BCUT2D eigenvalue weighted by atomic mass is 9.93. The van der Waals surface area contributed by atoms with Gasteiger partial charge in [0.2, 0.25) is 15.9 Å². The molecule has 0 spiro atoms. The number of hydrogen-bond donors (Lipinski definition) is 2. The van der Waals surface area contributed by atoms with Crippen molar-refractivity contribution in [3.05, 3.63) is 0 Å². The molecule has 0 bridgehead atoms. The Bertz CT molecular complexity index is 626. The van der Waals surface area contributed by atoms with Crippen LogP contribution in [0.1, 0.15) is 34.6 Å². The normalized spacial score (nSPS) is 17.1. The third-order valence-electron chi connectivity index (χ3n) is 4.52. The van der Waals surface area contributed by atoms with Gasteiger partial charge in [-0.15, -0.1) is 0 Å². The first-order valence-corrected chi connectivity index (χ1v) is 11.5. The number of sulfonamides is 1. The van der Waals surface area contributed by atoms with Gasteiger partial charge in [-0.3, -0.25) is 9.79 Å². The van der Waals surface area contributed by atoms with Crippen LogP contribution in [0.5, 0.6) is 0 Å². The van der Waals surface area contributed by atoms with Crippen molar-refractivity contribution in [3.63, 3.8) is 0 Å². The van der Waals surface area contributed by atoms with Gasteiger partial charge >= 0.3 is 0 Å². The summed E-state index contributed by atoms with van der Waals surface area (Å²) in [4.78, 5) is 18.6. The second-order valence-corrected chi connectivity index (χ2v) is 9.84. The second-order valence-electron chi connectivity index (χ2n) is 7.75. The van der Waals surface area contributed by atoms with Crippen LogP contribution in [0.15, 0.2) is 4.99 Å². The lowest BCUT2D eigenvalue weighted by Gasteiger charge is -2.36. The average molecular weight is 420 g/mol. The SMILES string of the molecule is CCNC(=NCC(C)(C)C(=O)NC)N1CCN(S(=O)(=O)CCOC(C)C)CC1. The Morgan fingerprint density at radius 3 is 2.32 bits per heavy atom. The molecule has 1 fully saturated rings. The van der Waals surface area contributed by atoms with Crippen LogP contribution < -0.4 is 10.6 Å². The number of carbonyl (C=O) groups excluding carboxylic acids is 1. The highest BCUT2D eigenvalue weighted by molar-refractivity contribution is 7.89. The van der Waals surface area contributed by atoms with Crippen LogP contribution in [0.25, 0.3) is 0 Å². The fourth-order valence-corrected chi connectivity index (χ4v) is 4.09. The van der Waals surface area contributed by atoms with Crippen molar-refractivity contribution in [2.45, 2.75) is 40.7 Å². The minimum absolute atomic E-state index is 0.000342. The number of amides is 1. The van der Waals surface area contributed by atoms with Gasteiger partial charge in [0.1, 0.15) is 0 Å². The Kier molecular flexibility index (Phi) is 9.65. The van der Waals surface area contributed by atoms with Crippen LogP contribution in [-0.2, 0) is 19.6 Å². The highest BCUT2D eigenvalue weighted by atomic mass is 32.2. The van der Waals surface area contributed by atoms with Gasteiger partial charge in [-0.05, 0) is 34.6 Å². The van der Waals surface area contributed by atoms with Crippen LogP contribution in [0, 0.1) is 5.41 Å². The fraction of sp³-hybridized carbons (Fsp3) is 0.889. The molecular formula is C18H37N5O4S. The van der Waals surface area contributed by atoms with Gasteiger partial charge < -0.3 is 20.3 Å². The molecule has 1 amide bonds. The van der Waals surface area contributed by atoms with Gasteiger partial charge in [0.05, 0.1) is 30.4 Å². The molecule has 0 unspecified atom stereocenters. The Hall–Kier alpha value is -1.39. The highest BCUT2D eigenvalue weighted by Crippen LogP contribution is 2.16. The summed E-state index contributed by atoms with van der Waals surface area (Å²) in [7, 11) is -1.71. The van der Waals surface area contributed by atoms with Crippen molar-refractivity contribution in [2.24, 2.45) is 10.4 Å². The predicted molar refractivity (Wildman–Crippen MR) is 112 cm³/mol. The molecule has 1 aliphatic heterocycles. The van der Waals surface area contributed by atoms with Crippen molar-refractivity contribution in [3.8, 4) is 0 Å². The van der Waals surface area contributed by atoms with Crippen LogP contribution in [0.4, 0.5) is 0 Å². The highest BCUT2D eigenvalue weighted by Gasteiger charge is 2.30. The molecule has 0 atom stereocenters. The molecule has 2 N–H and O–H groups in total. The van der Waals surface area contributed by atoms with Crippen LogP contribution in [0.2, 0.25) is 0 Å². The molecule has 28 heavy (non-hydrogen) atoms. The van der Waals surface area contributed by atoms with E-state index in [1.807, 2.05) is 39.5 Å². The molecule has 10 heteroatoms. The Morgan fingerprint density at radius 2 is 1.82 bits per heavy atom. The first kappa shape index (κ1) is 24.6. The maximum atomic E-state index is 12.5. The Labute approximate surface area is 169 Å². The van der Waals surface area contributed by atoms with Crippen molar-refractivity contribution in [1.29, 1.82) is 0 Å². The zero-order valence-corrected chi connectivity index (χ0v) is 18.9. The molecule has 1 aliphatic rings. The molecule has 0 aromatic heterocycles.